The number of halogens is 1. The lowest BCUT2D eigenvalue weighted by molar-refractivity contribution is 0.372. The summed E-state index contributed by atoms with van der Waals surface area (Å²) in [6.45, 7) is 3.55. The number of methoxy groups -OCH3 is 1. The number of piperidine rings is 1. The SMILES string of the molecule is COc1cc(N2C[C@H]3CC[C@@H](C2)[C@@H]3Nc2nc3n(n2)CCCN3c2ccc(F)cc2)ncn1. The third-order valence-electron chi connectivity index (χ3n) is 7.07. The van der Waals surface area contributed by atoms with Crippen LogP contribution in [0.2, 0.25) is 0 Å². The number of nitrogens with one attached hydrogen (secondary N) is 1. The van der Waals surface area contributed by atoms with Crippen LogP contribution >= 0.6 is 0 Å². The zero-order chi connectivity index (χ0) is 22.4. The number of aromatic nitrogens is 5. The summed E-state index contributed by atoms with van der Waals surface area (Å²) in [4.78, 5) is 17.9. The fourth-order valence-corrected chi connectivity index (χ4v) is 5.50. The van der Waals surface area contributed by atoms with Gasteiger partial charge < -0.3 is 19.9 Å². The van der Waals surface area contributed by atoms with Gasteiger partial charge in [-0.2, -0.15) is 4.98 Å². The van der Waals surface area contributed by atoms with Crippen LogP contribution in [0.1, 0.15) is 19.3 Å². The summed E-state index contributed by atoms with van der Waals surface area (Å²) >= 11 is 0. The standard InChI is InChI=1S/C23H27FN8O/c1-33-20-11-19(25-14-26-20)30-12-15-3-4-16(13-30)21(15)27-22-28-23-31(9-2-10-32(23)29-22)18-7-5-17(24)6-8-18/h5-8,11,14-16,21H,2-4,9-10,12-13H2,1H3,(H,27,29)/t15-,16+,21-. The molecule has 1 saturated heterocycles. The number of hydrogen-bond acceptors (Lipinski definition) is 8. The Kier molecular flexibility index (Phi) is 5.00. The second-order valence-electron chi connectivity index (χ2n) is 9.03. The molecular weight excluding hydrogens is 423 g/mol. The molecule has 10 heteroatoms. The van der Waals surface area contributed by atoms with Crippen LogP contribution in [0.3, 0.4) is 0 Å². The van der Waals surface area contributed by atoms with Crippen molar-refractivity contribution < 1.29 is 9.13 Å². The molecule has 4 heterocycles. The van der Waals surface area contributed by atoms with E-state index in [0.29, 0.717) is 29.7 Å². The third-order valence-corrected chi connectivity index (χ3v) is 7.07. The van der Waals surface area contributed by atoms with E-state index in [-0.39, 0.29) is 5.82 Å². The second-order valence-corrected chi connectivity index (χ2v) is 9.03. The number of nitrogens with zero attached hydrogens (tertiary/aromatic N) is 7. The van der Waals surface area contributed by atoms with Crippen LogP contribution in [0.25, 0.3) is 0 Å². The monoisotopic (exact) mass is 450 g/mol. The van der Waals surface area contributed by atoms with Crippen molar-refractivity contribution in [3.05, 3.63) is 42.5 Å². The topological polar surface area (TPSA) is 84.2 Å². The molecule has 0 spiro atoms. The molecule has 0 amide bonds. The first-order valence-corrected chi connectivity index (χ1v) is 11.5. The minimum absolute atomic E-state index is 0.234. The number of benzene rings is 1. The van der Waals surface area contributed by atoms with Gasteiger partial charge in [0.05, 0.1) is 7.11 Å². The normalized spacial score (nSPS) is 24.0. The summed E-state index contributed by atoms with van der Waals surface area (Å²) in [5.41, 5.74) is 0.935. The highest BCUT2D eigenvalue weighted by Crippen LogP contribution is 2.40. The molecule has 1 aromatic carbocycles. The third kappa shape index (κ3) is 3.73. The summed E-state index contributed by atoms with van der Waals surface area (Å²) in [6.07, 6.45) is 4.89. The zero-order valence-corrected chi connectivity index (χ0v) is 18.6. The van der Waals surface area contributed by atoms with Crippen LogP contribution < -0.4 is 19.9 Å². The molecule has 2 aromatic heterocycles. The zero-order valence-electron chi connectivity index (χ0n) is 18.6. The quantitative estimate of drug-likeness (QED) is 0.635. The van der Waals surface area contributed by atoms with E-state index in [1.165, 1.54) is 25.0 Å². The number of rotatable bonds is 5. The average Bonchev–Trinajstić information content (AvgIpc) is 3.35. The van der Waals surface area contributed by atoms with Gasteiger partial charge in [-0.1, -0.05) is 0 Å². The molecule has 0 radical (unpaired) electrons. The van der Waals surface area contributed by atoms with Gasteiger partial charge in [-0.15, -0.1) is 5.10 Å². The number of fused-ring (bicyclic) bond motifs is 3. The molecule has 33 heavy (non-hydrogen) atoms. The Morgan fingerprint density at radius 1 is 1.06 bits per heavy atom. The molecule has 1 aliphatic carbocycles. The summed E-state index contributed by atoms with van der Waals surface area (Å²) < 4.78 is 20.6. The Hall–Kier alpha value is -3.43. The van der Waals surface area contributed by atoms with Crippen molar-refractivity contribution in [2.45, 2.75) is 31.8 Å². The first-order valence-electron chi connectivity index (χ1n) is 11.5. The fraction of sp³-hybridized carbons (Fsp3) is 0.478. The van der Waals surface area contributed by atoms with Crippen molar-refractivity contribution in [3.63, 3.8) is 0 Å². The maximum absolute atomic E-state index is 13.4. The minimum atomic E-state index is -0.234. The largest absolute Gasteiger partial charge is 0.481 e. The predicted octanol–water partition coefficient (Wildman–Crippen LogP) is 3.08. The van der Waals surface area contributed by atoms with Crippen molar-refractivity contribution >= 4 is 23.4 Å². The lowest BCUT2D eigenvalue weighted by atomic mass is 9.92. The van der Waals surface area contributed by atoms with Crippen LogP contribution in [0.4, 0.5) is 27.8 Å². The van der Waals surface area contributed by atoms with Crippen molar-refractivity contribution in [2.75, 3.05) is 41.9 Å². The summed E-state index contributed by atoms with van der Waals surface area (Å²) in [6, 6.07) is 8.82. The summed E-state index contributed by atoms with van der Waals surface area (Å²) in [5.74, 6) is 3.76. The van der Waals surface area contributed by atoms with Crippen LogP contribution in [0, 0.1) is 17.7 Å². The van der Waals surface area contributed by atoms with E-state index in [1.54, 1.807) is 25.6 Å². The van der Waals surface area contributed by atoms with Gasteiger partial charge in [0.1, 0.15) is 18.0 Å². The number of hydrogen-bond donors (Lipinski definition) is 1. The molecule has 9 nitrogen and oxygen atoms in total. The first kappa shape index (κ1) is 20.2. The summed E-state index contributed by atoms with van der Waals surface area (Å²) in [7, 11) is 1.63. The van der Waals surface area contributed by atoms with Gasteiger partial charge in [0.25, 0.3) is 0 Å². The first-order chi connectivity index (χ1) is 16.2. The molecule has 172 valence electrons. The van der Waals surface area contributed by atoms with Crippen molar-refractivity contribution in [1.29, 1.82) is 0 Å². The molecule has 3 aliphatic rings. The highest BCUT2D eigenvalue weighted by molar-refractivity contribution is 5.59. The van der Waals surface area contributed by atoms with Gasteiger partial charge in [0, 0.05) is 44.0 Å². The van der Waals surface area contributed by atoms with E-state index >= 15 is 0 Å². The molecule has 2 aliphatic heterocycles. The Morgan fingerprint density at radius 3 is 2.61 bits per heavy atom. The Bertz CT molecular complexity index is 1120. The molecule has 1 N–H and O–H groups in total. The molecule has 6 rings (SSSR count). The second kappa shape index (κ2) is 8.17. The molecule has 2 bridgehead atoms. The lowest BCUT2D eigenvalue weighted by Crippen LogP contribution is -2.48. The minimum Gasteiger partial charge on any atom is -0.481 e. The van der Waals surface area contributed by atoms with Gasteiger partial charge in [0.2, 0.25) is 17.8 Å². The smallest absolute Gasteiger partial charge is 0.244 e. The molecule has 3 atom stereocenters. The van der Waals surface area contributed by atoms with Crippen LogP contribution in [-0.2, 0) is 6.54 Å². The molecule has 3 aromatic rings. The summed E-state index contributed by atoms with van der Waals surface area (Å²) in [5, 5.41) is 8.42. The Morgan fingerprint density at radius 2 is 1.85 bits per heavy atom. The highest BCUT2D eigenvalue weighted by atomic mass is 19.1. The molecule has 1 saturated carbocycles. The lowest BCUT2D eigenvalue weighted by Gasteiger charge is -2.38. The van der Waals surface area contributed by atoms with Gasteiger partial charge in [-0.05, 0) is 55.4 Å². The number of aryl methyl sites for hydroxylation is 1. The molecule has 0 unspecified atom stereocenters. The van der Waals surface area contributed by atoms with Crippen LogP contribution in [0.15, 0.2) is 36.7 Å². The van der Waals surface area contributed by atoms with E-state index in [1.807, 2.05) is 10.7 Å². The number of anilines is 4. The van der Waals surface area contributed by atoms with Crippen molar-refractivity contribution in [1.82, 2.24) is 24.7 Å². The maximum atomic E-state index is 13.4. The maximum Gasteiger partial charge on any atom is 0.244 e. The van der Waals surface area contributed by atoms with Crippen molar-refractivity contribution in [2.24, 2.45) is 11.8 Å². The van der Waals surface area contributed by atoms with Crippen molar-refractivity contribution in [3.8, 4) is 5.88 Å². The van der Waals surface area contributed by atoms with E-state index in [2.05, 4.69) is 25.1 Å². The van der Waals surface area contributed by atoms with Gasteiger partial charge >= 0.3 is 0 Å². The predicted molar refractivity (Wildman–Crippen MR) is 122 cm³/mol. The molecular formula is C23H27FN8O. The van der Waals surface area contributed by atoms with E-state index in [0.717, 1.165) is 50.1 Å². The Balaban J connectivity index is 1.19. The van der Waals surface area contributed by atoms with Gasteiger partial charge in [0.15, 0.2) is 0 Å². The van der Waals surface area contributed by atoms with Gasteiger partial charge in [-0.25, -0.2) is 19.0 Å². The van der Waals surface area contributed by atoms with Gasteiger partial charge in [-0.3, -0.25) is 0 Å². The van der Waals surface area contributed by atoms with E-state index in [9.17, 15) is 4.39 Å². The number of ether oxygens (including phenoxy) is 1. The average molecular weight is 451 g/mol. The van der Waals surface area contributed by atoms with Crippen LogP contribution in [-0.4, -0.2) is 57.5 Å². The highest BCUT2D eigenvalue weighted by Gasteiger charge is 2.43. The van der Waals surface area contributed by atoms with Crippen LogP contribution in [0.5, 0.6) is 5.88 Å². The fourth-order valence-electron chi connectivity index (χ4n) is 5.50. The Labute approximate surface area is 191 Å². The van der Waals surface area contributed by atoms with E-state index < -0.39 is 0 Å². The van der Waals surface area contributed by atoms with E-state index in [4.69, 9.17) is 14.8 Å². The molecule has 2 fully saturated rings.